The van der Waals surface area contributed by atoms with E-state index in [1.165, 1.54) is 0 Å². The van der Waals surface area contributed by atoms with Crippen LogP contribution in [0.1, 0.15) is 12.8 Å². The predicted octanol–water partition coefficient (Wildman–Crippen LogP) is 1.16. The van der Waals surface area contributed by atoms with Gasteiger partial charge in [-0.3, -0.25) is 4.99 Å². The number of aliphatic imine (C=N–C) groups is 1. The predicted molar refractivity (Wildman–Crippen MR) is 90.6 cm³/mol. The summed E-state index contributed by atoms with van der Waals surface area (Å²) >= 11 is 1.90. The van der Waals surface area contributed by atoms with Crippen LogP contribution in [0.5, 0.6) is 0 Å². The molecule has 0 aromatic heterocycles. The SMILES string of the molecule is CSC1(CN=C(N)N2CCOCC2)CCOCC1.I. The maximum absolute atomic E-state index is 6.06. The zero-order chi connectivity index (χ0) is 12.8. The minimum absolute atomic E-state index is 0. The fourth-order valence-corrected chi connectivity index (χ4v) is 3.06. The summed E-state index contributed by atoms with van der Waals surface area (Å²) in [5.74, 6) is 0.665. The van der Waals surface area contributed by atoms with E-state index in [0.29, 0.717) is 5.96 Å². The summed E-state index contributed by atoms with van der Waals surface area (Å²) in [7, 11) is 0. The van der Waals surface area contributed by atoms with Crippen molar-refractivity contribution in [2.45, 2.75) is 17.6 Å². The Labute approximate surface area is 136 Å². The molecule has 0 atom stereocenters. The molecule has 0 aromatic carbocycles. The molecule has 7 heteroatoms. The molecule has 0 spiro atoms. The van der Waals surface area contributed by atoms with Gasteiger partial charge in [0.05, 0.1) is 19.8 Å². The summed E-state index contributed by atoms with van der Waals surface area (Å²) in [5, 5.41) is 0. The van der Waals surface area contributed by atoms with Gasteiger partial charge in [-0.25, -0.2) is 0 Å². The number of halogens is 1. The van der Waals surface area contributed by atoms with Crippen molar-refractivity contribution in [3.63, 3.8) is 0 Å². The fraction of sp³-hybridized carbons (Fsp3) is 0.917. The Bertz CT molecular complexity index is 293. The summed E-state index contributed by atoms with van der Waals surface area (Å²) < 4.78 is 11.0. The van der Waals surface area contributed by atoms with Gasteiger partial charge in [-0.05, 0) is 19.1 Å². The molecule has 0 saturated carbocycles. The van der Waals surface area contributed by atoms with Gasteiger partial charge in [0.15, 0.2) is 5.96 Å². The molecule has 2 fully saturated rings. The first-order valence-electron chi connectivity index (χ1n) is 6.51. The molecule has 2 N–H and O–H groups in total. The second kappa shape index (κ2) is 8.53. The molecular formula is C12H24IN3O2S. The van der Waals surface area contributed by atoms with Crippen LogP contribution >= 0.6 is 35.7 Å². The van der Waals surface area contributed by atoms with Crippen LogP contribution in [-0.2, 0) is 9.47 Å². The number of guanidine groups is 1. The third-order valence-corrected chi connectivity index (χ3v) is 5.10. The van der Waals surface area contributed by atoms with Crippen molar-refractivity contribution in [1.82, 2.24) is 4.90 Å². The van der Waals surface area contributed by atoms with E-state index in [1.807, 2.05) is 11.8 Å². The van der Waals surface area contributed by atoms with Crippen molar-refractivity contribution in [3.8, 4) is 0 Å². The van der Waals surface area contributed by atoms with Crippen molar-refractivity contribution < 1.29 is 9.47 Å². The van der Waals surface area contributed by atoms with E-state index in [1.54, 1.807) is 0 Å². The topological polar surface area (TPSA) is 60.1 Å². The molecule has 0 unspecified atom stereocenters. The molecule has 2 aliphatic rings. The average Bonchev–Trinajstić information content (AvgIpc) is 2.47. The molecule has 112 valence electrons. The highest BCUT2D eigenvalue weighted by Gasteiger charge is 2.31. The first kappa shape index (κ1) is 17.3. The van der Waals surface area contributed by atoms with Crippen LogP contribution < -0.4 is 5.73 Å². The highest BCUT2D eigenvalue weighted by molar-refractivity contribution is 14.0. The molecule has 0 aliphatic carbocycles. The third-order valence-electron chi connectivity index (χ3n) is 3.70. The van der Waals surface area contributed by atoms with E-state index in [4.69, 9.17) is 15.2 Å². The van der Waals surface area contributed by atoms with Gasteiger partial charge in [-0.2, -0.15) is 11.8 Å². The van der Waals surface area contributed by atoms with Gasteiger partial charge in [0.1, 0.15) is 0 Å². The maximum Gasteiger partial charge on any atom is 0.191 e. The van der Waals surface area contributed by atoms with Crippen LogP contribution in [0.4, 0.5) is 0 Å². The number of rotatable bonds is 3. The standard InChI is InChI=1S/C12H23N3O2S.HI/c1-18-12(2-6-16-7-3-12)10-14-11(13)15-4-8-17-9-5-15;/h2-10H2,1H3,(H2,13,14);1H. The lowest BCUT2D eigenvalue weighted by molar-refractivity contribution is 0.0669. The molecule has 0 bridgehead atoms. The van der Waals surface area contributed by atoms with Crippen molar-refractivity contribution in [2.75, 3.05) is 52.3 Å². The van der Waals surface area contributed by atoms with Crippen molar-refractivity contribution in [1.29, 1.82) is 0 Å². The van der Waals surface area contributed by atoms with Gasteiger partial charge in [0, 0.05) is 31.1 Å². The molecule has 2 aliphatic heterocycles. The normalized spacial score (nSPS) is 23.8. The van der Waals surface area contributed by atoms with Crippen LogP contribution in [0, 0.1) is 0 Å². The Morgan fingerprint density at radius 1 is 1.21 bits per heavy atom. The molecule has 2 saturated heterocycles. The number of nitrogens with two attached hydrogens (primary N) is 1. The van der Waals surface area contributed by atoms with Gasteiger partial charge in [-0.15, -0.1) is 24.0 Å². The van der Waals surface area contributed by atoms with E-state index in [0.717, 1.165) is 58.9 Å². The third kappa shape index (κ3) is 4.95. The summed E-state index contributed by atoms with van der Waals surface area (Å²) in [5.41, 5.74) is 6.06. The molecule has 0 radical (unpaired) electrons. The Kier molecular flexibility index (Phi) is 7.78. The van der Waals surface area contributed by atoms with Crippen LogP contribution in [0.2, 0.25) is 0 Å². The van der Waals surface area contributed by atoms with Crippen molar-refractivity contribution >= 4 is 41.7 Å². The fourth-order valence-electron chi connectivity index (χ4n) is 2.29. The molecule has 0 aromatic rings. The Hall–Kier alpha value is 0.270. The lowest BCUT2D eigenvalue weighted by Crippen LogP contribution is -2.46. The number of hydrogen-bond acceptors (Lipinski definition) is 4. The monoisotopic (exact) mass is 401 g/mol. The highest BCUT2D eigenvalue weighted by Crippen LogP contribution is 2.33. The van der Waals surface area contributed by atoms with Crippen LogP contribution in [0.15, 0.2) is 4.99 Å². The second-order valence-electron chi connectivity index (χ2n) is 4.77. The number of thioether (sulfide) groups is 1. The largest absolute Gasteiger partial charge is 0.381 e. The van der Waals surface area contributed by atoms with Crippen molar-refractivity contribution in [3.05, 3.63) is 0 Å². The lowest BCUT2D eigenvalue weighted by atomic mass is 9.99. The maximum atomic E-state index is 6.06. The number of ether oxygens (including phenoxy) is 2. The summed E-state index contributed by atoms with van der Waals surface area (Å²) in [6.45, 7) is 5.67. The van der Waals surface area contributed by atoms with Crippen molar-refractivity contribution in [2.24, 2.45) is 10.7 Å². The minimum atomic E-state index is 0. The van der Waals surface area contributed by atoms with Gasteiger partial charge in [0.2, 0.25) is 0 Å². The minimum Gasteiger partial charge on any atom is -0.381 e. The van der Waals surface area contributed by atoms with E-state index in [-0.39, 0.29) is 28.7 Å². The van der Waals surface area contributed by atoms with Gasteiger partial charge in [-0.1, -0.05) is 0 Å². The molecule has 2 heterocycles. The molecule has 5 nitrogen and oxygen atoms in total. The number of nitrogens with zero attached hydrogens (tertiary/aromatic N) is 2. The lowest BCUT2D eigenvalue weighted by Gasteiger charge is -2.35. The van der Waals surface area contributed by atoms with E-state index in [9.17, 15) is 0 Å². The first-order valence-corrected chi connectivity index (χ1v) is 7.74. The van der Waals surface area contributed by atoms with Gasteiger partial charge in [0.25, 0.3) is 0 Å². The second-order valence-corrected chi connectivity index (χ2v) is 6.05. The Balaban J connectivity index is 0.00000180. The molecular weight excluding hydrogens is 377 g/mol. The zero-order valence-corrected chi connectivity index (χ0v) is 14.6. The van der Waals surface area contributed by atoms with Crippen LogP contribution in [-0.4, -0.2) is 67.9 Å². The number of morpholine rings is 1. The van der Waals surface area contributed by atoms with E-state index >= 15 is 0 Å². The van der Waals surface area contributed by atoms with E-state index in [2.05, 4.69) is 16.1 Å². The molecule has 19 heavy (non-hydrogen) atoms. The summed E-state index contributed by atoms with van der Waals surface area (Å²) in [4.78, 5) is 6.71. The average molecular weight is 401 g/mol. The smallest absolute Gasteiger partial charge is 0.191 e. The summed E-state index contributed by atoms with van der Waals surface area (Å²) in [6, 6.07) is 0. The van der Waals surface area contributed by atoms with Crippen LogP contribution in [0.25, 0.3) is 0 Å². The molecule has 0 amide bonds. The van der Waals surface area contributed by atoms with Gasteiger partial charge < -0.3 is 20.1 Å². The Morgan fingerprint density at radius 3 is 2.37 bits per heavy atom. The zero-order valence-electron chi connectivity index (χ0n) is 11.5. The number of hydrogen-bond donors (Lipinski definition) is 1. The Morgan fingerprint density at radius 2 is 1.79 bits per heavy atom. The first-order chi connectivity index (χ1) is 8.76. The van der Waals surface area contributed by atoms with Crippen LogP contribution in [0.3, 0.4) is 0 Å². The summed E-state index contributed by atoms with van der Waals surface area (Å²) in [6.07, 6.45) is 4.29. The molecule has 2 rings (SSSR count). The highest BCUT2D eigenvalue weighted by atomic mass is 127. The van der Waals surface area contributed by atoms with Gasteiger partial charge >= 0.3 is 0 Å². The van der Waals surface area contributed by atoms with E-state index < -0.39 is 0 Å². The quantitative estimate of drug-likeness (QED) is 0.437.